The van der Waals surface area contributed by atoms with Gasteiger partial charge in [0, 0.05) is 12.2 Å². The molecule has 1 saturated heterocycles. The number of benzene rings is 1. The molecule has 0 spiro atoms. The number of anilines is 1. The third kappa shape index (κ3) is 2.48. The zero-order valence-corrected chi connectivity index (χ0v) is 12.0. The predicted octanol–water partition coefficient (Wildman–Crippen LogP) is 0.969. The van der Waals surface area contributed by atoms with Crippen molar-refractivity contribution in [3.8, 4) is 0 Å². The number of sulfonamides is 1. The van der Waals surface area contributed by atoms with Crippen LogP contribution in [-0.4, -0.2) is 37.0 Å². The largest absolute Gasteiger partial charge is 0.399 e. The third-order valence-corrected chi connectivity index (χ3v) is 5.89. The minimum Gasteiger partial charge on any atom is -0.399 e. The van der Waals surface area contributed by atoms with Gasteiger partial charge in [-0.3, -0.25) is 0 Å². The van der Waals surface area contributed by atoms with E-state index in [0.29, 0.717) is 17.8 Å². The van der Waals surface area contributed by atoms with Gasteiger partial charge in [-0.15, -0.1) is 0 Å². The molecule has 0 saturated carbocycles. The summed E-state index contributed by atoms with van der Waals surface area (Å²) in [6, 6.07) is 4.45. The van der Waals surface area contributed by atoms with Crippen LogP contribution in [0.25, 0.3) is 0 Å². The van der Waals surface area contributed by atoms with E-state index in [9.17, 15) is 13.5 Å². The molecule has 6 heteroatoms. The van der Waals surface area contributed by atoms with E-state index in [0.717, 1.165) is 6.42 Å². The normalized spacial score (nSPS) is 24.8. The average molecular weight is 284 g/mol. The second kappa shape index (κ2) is 5.11. The molecule has 3 N–H and O–H groups in total. The molecule has 1 aliphatic heterocycles. The predicted molar refractivity (Wildman–Crippen MR) is 74.1 cm³/mol. The lowest BCUT2D eigenvalue weighted by molar-refractivity contribution is 0.191. The Morgan fingerprint density at radius 2 is 2.16 bits per heavy atom. The Morgan fingerprint density at radius 1 is 1.47 bits per heavy atom. The summed E-state index contributed by atoms with van der Waals surface area (Å²) in [5.74, 6) is 0.175. The van der Waals surface area contributed by atoms with E-state index in [4.69, 9.17) is 5.73 Å². The lowest BCUT2D eigenvalue weighted by Gasteiger charge is -2.25. The summed E-state index contributed by atoms with van der Waals surface area (Å²) in [5.41, 5.74) is 6.83. The first-order chi connectivity index (χ1) is 8.87. The molecule has 2 atom stereocenters. The molecule has 0 aliphatic carbocycles. The van der Waals surface area contributed by atoms with Crippen molar-refractivity contribution in [3.05, 3.63) is 23.8 Å². The number of rotatable bonds is 3. The summed E-state index contributed by atoms with van der Waals surface area (Å²) >= 11 is 0. The molecule has 0 bridgehead atoms. The smallest absolute Gasteiger partial charge is 0.243 e. The quantitative estimate of drug-likeness (QED) is 0.810. The van der Waals surface area contributed by atoms with Crippen LogP contribution in [0, 0.1) is 12.8 Å². The molecule has 1 fully saturated rings. The fraction of sp³-hybridized carbons (Fsp3) is 0.538. The Bertz CT molecular complexity index is 571. The first-order valence-corrected chi connectivity index (χ1v) is 7.80. The fourth-order valence-corrected chi connectivity index (χ4v) is 4.57. The van der Waals surface area contributed by atoms with Gasteiger partial charge in [0.1, 0.15) is 0 Å². The van der Waals surface area contributed by atoms with Crippen LogP contribution >= 0.6 is 0 Å². The second-order valence-electron chi connectivity index (χ2n) is 5.16. The summed E-state index contributed by atoms with van der Waals surface area (Å²) in [6.07, 6.45) is 0.776. The Labute approximate surface area is 114 Å². The molecule has 2 rings (SSSR count). The molecule has 5 nitrogen and oxygen atoms in total. The van der Waals surface area contributed by atoms with Gasteiger partial charge in [0.25, 0.3) is 0 Å². The number of hydrogen-bond acceptors (Lipinski definition) is 4. The SMILES string of the molecule is Cc1cc(N)ccc1S(=O)(=O)N1CCC(C)C1CO. The topological polar surface area (TPSA) is 83.6 Å². The van der Waals surface area contributed by atoms with E-state index in [2.05, 4.69) is 0 Å². The van der Waals surface area contributed by atoms with Gasteiger partial charge in [0.2, 0.25) is 10.0 Å². The summed E-state index contributed by atoms with van der Waals surface area (Å²) in [5, 5.41) is 9.40. The van der Waals surface area contributed by atoms with Crippen LogP contribution in [-0.2, 0) is 10.0 Å². The highest BCUT2D eigenvalue weighted by Crippen LogP contribution is 2.31. The van der Waals surface area contributed by atoms with Gasteiger partial charge in [-0.25, -0.2) is 8.42 Å². The zero-order valence-electron chi connectivity index (χ0n) is 11.2. The lowest BCUT2D eigenvalue weighted by atomic mass is 10.0. The molecule has 1 aliphatic rings. The highest BCUT2D eigenvalue weighted by Gasteiger charge is 2.39. The van der Waals surface area contributed by atoms with E-state index in [1.807, 2.05) is 6.92 Å². The summed E-state index contributed by atoms with van der Waals surface area (Å²) in [4.78, 5) is 0.272. The van der Waals surface area contributed by atoms with Crippen molar-refractivity contribution in [3.63, 3.8) is 0 Å². The number of hydrogen-bond donors (Lipinski definition) is 2. The molecule has 0 aromatic heterocycles. The first kappa shape index (κ1) is 14.3. The maximum atomic E-state index is 12.7. The first-order valence-electron chi connectivity index (χ1n) is 6.36. The molecule has 1 aromatic carbocycles. The number of aryl methyl sites for hydroxylation is 1. The van der Waals surface area contributed by atoms with Crippen LogP contribution in [0.2, 0.25) is 0 Å². The lowest BCUT2D eigenvalue weighted by Crippen LogP contribution is -2.40. The van der Waals surface area contributed by atoms with Gasteiger partial charge < -0.3 is 10.8 Å². The van der Waals surface area contributed by atoms with Crippen LogP contribution in [0.4, 0.5) is 5.69 Å². The van der Waals surface area contributed by atoms with Crippen LogP contribution in [0.1, 0.15) is 18.9 Å². The van der Waals surface area contributed by atoms with Gasteiger partial charge in [0.15, 0.2) is 0 Å². The van der Waals surface area contributed by atoms with Crippen molar-refractivity contribution in [1.82, 2.24) is 4.31 Å². The number of nitrogens with two attached hydrogens (primary N) is 1. The Balaban J connectivity index is 2.42. The molecule has 2 unspecified atom stereocenters. The minimum absolute atomic E-state index is 0.144. The Hall–Kier alpha value is -1.11. The molecule has 1 heterocycles. The van der Waals surface area contributed by atoms with Crippen molar-refractivity contribution < 1.29 is 13.5 Å². The van der Waals surface area contributed by atoms with Gasteiger partial charge in [0.05, 0.1) is 17.5 Å². The number of aliphatic hydroxyl groups excluding tert-OH is 1. The van der Waals surface area contributed by atoms with Crippen LogP contribution in [0.3, 0.4) is 0 Å². The third-order valence-electron chi connectivity index (χ3n) is 3.80. The maximum absolute atomic E-state index is 12.7. The summed E-state index contributed by atoms with van der Waals surface area (Å²) in [6.45, 7) is 4.01. The van der Waals surface area contributed by atoms with Crippen LogP contribution in [0.5, 0.6) is 0 Å². The van der Waals surface area contributed by atoms with Crippen molar-refractivity contribution in [1.29, 1.82) is 0 Å². The molecule has 1 aromatic rings. The Morgan fingerprint density at radius 3 is 2.74 bits per heavy atom. The maximum Gasteiger partial charge on any atom is 0.243 e. The van der Waals surface area contributed by atoms with E-state index in [-0.39, 0.29) is 23.5 Å². The number of nitrogen functional groups attached to an aromatic ring is 1. The van der Waals surface area contributed by atoms with E-state index < -0.39 is 10.0 Å². The van der Waals surface area contributed by atoms with Crippen LogP contribution in [0.15, 0.2) is 23.1 Å². The van der Waals surface area contributed by atoms with Crippen LogP contribution < -0.4 is 5.73 Å². The molecule has 0 radical (unpaired) electrons. The standard InChI is InChI=1S/C13H20N2O3S/c1-9-5-6-15(12(9)8-16)19(17,18)13-4-3-11(14)7-10(13)2/h3-4,7,9,12,16H,5-6,8,14H2,1-2H3. The molecular formula is C13H20N2O3S. The second-order valence-corrected chi connectivity index (χ2v) is 7.02. The number of aliphatic hydroxyl groups is 1. The molecule has 19 heavy (non-hydrogen) atoms. The van der Waals surface area contributed by atoms with Gasteiger partial charge >= 0.3 is 0 Å². The van der Waals surface area contributed by atoms with Gasteiger partial charge in [-0.05, 0) is 43.0 Å². The monoisotopic (exact) mass is 284 g/mol. The molecular weight excluding hydrogens is 264 g/mol. The van der Waals surface area contributed by atoms with Crippen molar-refractivity contribution in [2.45, 2.75) is 31.2 Å². The highest BCUT2D eigenvalue weighted by atomic mass is 32.2. The van der Waals surface area contributed by atoms with Gasteiger partial charge in [-0.2, -0.15) is 4.31 Å². The summed E-state index contributed by atoms with van der Waals surface area (Å²) < 4.78 is 26.7. The van der Waals surface area contributed by atoms with Crippen molar-refractivity contribution >= 4 is 15.7 Å². The van der Waals surface area contributed by atoms with Gasteiger partial charge in [-0.1, -0.05) is 6.92 Å². The molecule has 0 amide bonds. The summed E-state index contributed by atoms with van der Waals surface area (Å²) in [7, 11) is -3.56. The molecule has 106 valence electrons. The fourth-order valence-electron chi connectivity index (χ4n) is 2.63. The van der Waals surface area contributed by atoms with E-state index in [1.165, 1.54) is 10.4 Å². The van der Waals surface area contributed by atoms with Crippen molar-refractivity contribution in [2.75, 3.05) is 18.9 Å². The van der Waals surface area contributed by atoms with E-state index >= 15 is 0 Å². The minimum atomic E-state index is -3.56. The zero-order chi connectivity index (χ0) is 14.2. The highest BCUT2D eigenvalue weighted by molar-refractivity contribution is 7.89. The number of nitrogens with zero attached hydrogens (tertiary/aromatic N) is 1. The van der Waals surface area contributed by atoms with Crippen molar-refractivity contribution in [2.24, 2.45) is 5.92 Å². The van der Waals surface area contributed by atoms with E-state index in [1.54, 1.807) is 19.1 Å². The average Bonchev–Trinajstić information content (AvgIpc) is 2.70. The Kier molecular flexibility index (Phi) is 3.85.